The number of hydrogen-bond acceptors (Lipinski definition) is 5. The molecule has 0 spiro atoms. The highest BCUT2D eigenvalue weighted by Gasteiger charge is 2.35. The van der Waals surface area contributed by atoms with E-state index in [2.05, 4.69) is 34.3 Å². The highest BCUT2D eigenvalue weighted by Crippen LogP contribution is 2.27. The van der Waals surface area contributed by atoms with E-state index in [9.17, 15) is 4.79 Å². The maximum Gasteiger partial charge on any atom is 0.244 e. The fourth-order valence-corrected chi connectivity index (χ4v) is 4.12. The van der Waals surface area contributed by atoms with E-state index in [0.717, 1.165) is 23.7 Å². The van der Waals surface area contributed by atoms with Gasteiger partial charge in [0.2, 0.25) is 5.91 Å². The number of fused-ring (bicyclic) bond motifs is 1. The van der Waals surface area contributed by atoms with Gasteiger partial charge in [-0.05, 0) is 25.0 Å². The zero-order valence-electron chi connectivity index (χ0n) is 15.5. The Hall–Kier alpha value is -1.99. The molecular formula is C19H27N5O2. The quantitative estimate of drug-likeness (QED) is 0.910. The maximum atomic E-state index is 13.0. The third-order valence-corrected chi connectivity index (χ3v) is 5.48. The molecule has 4 rings (SSSR count). The van der Waals surface area contributed by atoms with Crippen LogP contribution in [-0.2, 0) is 9.53 Å². The summed E-state index contributed by atoms with van der Waals surface area (Å²) < 4.78 is 7.56. The number of morpholine rings is 1. The first kappa shape index (κ1) is 17.4. The van der Waals surface area contributed by atoms with Crippen LogP contribution in [0, 0.1) is 0 Å². The molecule has 1 saturated carbocycles. The number of nitrogens with zero attached hydrogens (tertiary/aromatic N) is 4. The van der Waals surface area contributed by atoms with E-state index in [4.69, 9.17) is 4.74 Å². The van der Waals surface area contributed by atoms with Gasteiger partial charge in [-0.2, -0.15) is 0 Å². The van der Waals surface area contributed by atoms with Crippen molar-refractivity contribution in [2.45, 2.75) is 57.5 Å². The first-order valence-corrected chi connectivity index (χ1v) is 9.62. The molecule has 1 amide bonds. The third kappa shape index (κ3) is 3.33. The van der Waals surface area contributed by atoms with Gasteiger partial charge in [0.15, 0.2) is 5.65 Å². The van der Waals surface area contributed by atoms with Gasteiger partial charge in [0.1, 0.15) is 11.9 Å². The number of rotatable bonds is 4. The van der Waals surface area contributed by atoms with E-state index in [1.54, 1.807) is 0 Å². The number of carbonyl (C=O) groups excluding carboxylic acids is 1. The molecule has 1 aliphatic heterocycles. The zero-order chi connectivity index (χ0) is 18.1. The summed E-state index contributed by atoms with van der Waals surface area (Å²) in [6.07, 6.45) is 6.81. The maximum absolute atomic E-state index is 13.0. The molecule has 7 heteroatoms. The van der Waals surface area contributed by atoms with Crippen LogP contribution in [0.1, 0.15) is 51.3 Å². The Kier molecular flexibility index (Phi) is 4.91. The van der Waals surface area contributed by atoms with Crippen LogP contribution < -0.4 is 5.32 Å². The van der Waals surface area contributed by atoms with Crippen LogP contribution in [0.4, 0.5) is 5.69 Å². The molecule has 1 unspecified atom stereocenters. The summed E-state index contributed by atoms with van der Waals surface area (Å²) >= 11 is 0. The van der Waals surface area contributed by atoms with Gasteiger partial charge in [-0.25, -0.2) is 0 Å². The smallest absolute Gasteiger partial charge is 0.244 e. The number of aromatic nitrogens is 3. The largest absolute Gasteiger partial charge is 0.378 e. The molecule has 1 atom stereocenters. The number of ether oxygens (including phenoxy) is 1. The van der Waals surface area contributed by atoms with Crippen molar-refractivity contribution in [2.24, 2.45) is 0 Å². The minimum atomic E-state index is -0.215. The fraction of sp³-hybridized carbons (Fsp3) is 0.632. The van der Waals surface area contributed by atoms with Gasteiger partial charge in [0.05, 0.1) is 18.9 Å². The van der Waals surface area contributed by atoms with Crippen molar-refractivity contribution in [1.82, 2.24) is 19.5 Å². The number of hydrogen-bond donors (Lipinski definition) is 1. The summed E-state index contributed by atoms with van der Waals surface area (Å²) in [5.41, 5.74) is 1.56. The molecule has 140 valence electrons. The van der Waals surface area contributed by atoms with Crippen LogP contribution in [0.5, 0.6) is 0 Å². The predicted octanol–water partition coefficient (Wildman–Crippen LogP) is 2.43. The van der Waals surface area contributed by atoms with Gasteiger partial charge in [-0.15, -0.1) is 10.2 Å². The minimum Gasteiger partial charge on any atom is -0.378 e. The SMILES string of the molecule is CC(C)c1nnc2ccc(NC(=O)C3COCCN3C3CCCC3)cn12. The van der Waals surface area contributed by atoms with Gasteiger partial charge in [0.25, 0.3) is 0 Å². The lowest BCUT2D eigenvalue weighted by molar-refractivity contribution is -0.129. The number of anilines is 1. The number of carbonyl (C=O) groups is 1. The third-order valence-electron chi connectivity index (χ3n) is 5.48. The van der Waals surface area contributed by atoms with E-state index in [1.165, 1.54) is 25.7 Å². The standard InChI is InChI=1S/C19H27N5O2/c1-13(2)18-22-21-17-8-7-14(11-24(17)18)20-19(25)16-12-26-10-9-23(16)15-5-3-4-6-15/h7-8,11,13,15-16H,3-6,9-10,12H2,1-2H3,(H,20,25). The van der Waals surface area contributed by atoms with Gasteiger partial charge >= 0.3 is 0 Å². The molecule has 7 nitrogen and oxygen atoms in total. The van der Waals surface area contributed by atoms with Crippen molar-refractivity contribution in [3.63, 3.8) is 0 Å². The molecule has 3 heterocycles. The first-order valence-electron chi connectivity index (χ1n) is 9.62. The lowest BCUT2D eigenvalue weighted by Gasteiger charge is -2.38. The molecule has 2 aliphatic rings. The Labute approximate surface area is 153 Å². The van der Waals surface area contributed by atoms with Crippen LogP contribution in [-0.4, -0.2) is 57.2 Å². The molecule has 1 N–H and O–H groups in total. The fourth-order valence-electron chi connectivity index (χ4n) is 4.12. The van der Waals surface area contributed by atoms with Gasteiger partial charge in [0, 0.05) is 24.7 Å². The van der Waals surface area contributed by atoms with Crippen molar-refractivity contribution in [1.29, 1.82) is 0 Å². The summed E-state index contributed by atoms with van der Waals surface area (Å²) in [4.78, 5) is 15.3. The molecule has 0 aromatic carbocycles. The summed E-state index contributed by atoms with van der Waals surface area (Å²) in [5.74, 6) is 1.17. The van der Waals surface area contributed by atoms with Gasteiger partial charge in [-0.3, -0.25) is 14.1 Å². The molecule has 0 bridgehead atoms. The van der Waals surface area contributed by atoms with Crippen molar-refractivity contribution in [2.75, 3.05) is 25.1 Å². The van der Waals surface area contributed by atoms with E-state index in [0.29, 0.717) is 19.3 Å². The molecule has 1 aliphatic carbocycles. The Morgan fingerprint density at radius 1 is 1.27 bits per heavy atom. The zero-order valence-corrected chi connectivity index (χ0v) is 15.5. The Morgan fingerprint density at radius 2 is 2.08 bits per heavy atom. The number of nitrogens with one attached hydrogen (secondary N) is 1. The van der Waals surface area contributed by atoms with E-state index < -0.39 is 0 Å². The van der Waals surface area contributed by atoms with Crippen LogP contribution in [0.15, 0.2) is 18.3 Å². The van der Waals surface area contributed by atoms with E-state index in [1.807, 2.05) is 22.7 Å². The second kappa shape index (κ2) is 7.32. The Bertz CT molecular complexity index is 781. The Balaban J connectivity index is 1.52. The van der Waals surface area contributed by atoms with Crippen LogP contribution in [0.2, 0.25) is 0 Å². The van der Waals surface area contributed by atoms with Crippen molar-refractivity contribution < 1.29 is 9.53 Å². The molecule has 2 fully saturated rings. The average molecular weight is 357 g/mol. The highest BCUT2D eigenvalue weighted by molar-refractivity contribution is 5.95. The normalized spacial score (nSPS) is 22.3. The number of pyridine rings is 1. The molecule has 26 heavy (non-hydrogen) atoms. The highest BCUT2D eigenvalue weighted by atomic mass is 16.5. The molecule has 2 aromatic heterocycles. The average Bonchev–Trinajstić information content (AvgIpc) is 3.31. The van der Waals surface area contributed by atoms with Crippen molar-refractivity contribution >= 4 is 17.2 Å². The summed E-state index contributed by atoms with van der Waals surface area (Å²) in [7, 11) is 0. The molecule has 1 saturated heterocycles. The van der Waals surface area contributed by atoms with Gasteiger partial charge in [-0.1, -0.05) is 26.7 Å². The molecular weight excluding hydrogens is 330 g/mol. The minimum absolute atomic E-state index is 0.00937. The summed E-state index contributed by atoms with van der Waals surface area (Å²) in [6.45, 7) is 6.19. The topological polar surface area (TPSA) is 71.8 Å². The predicted molar refractivity (Wildman–Crippen MR) is 99.3 cm³/mol. The van der Waals surface area contributed by atoms with E-state index >= 15 is 0 Å². The molecule has 2 aromatic rings. The second-order valence-electron chi connectivity index (χ2n) is 7.61. The molecule has 0 radical (unpaired) electrons. The number of amides is 1. The lowest BCUT2D eigenvalue weighted by atomic mass is 10.1. The van der Waals surface area contributed by atoms with Crippen LogP contribution in [0.25, 0.3) is 5.65 Å². The second-order valence-corrected chi connectivity index (χ2v) is 7.61. The van der Waals surface area contributed by atoms with E-state index in [-0.39, 0.29) is 17.9 Å². The van der Waals surface area contributed by atoms with Crippen LogP contribution in [0.3, 0.4) is 0 Å². The van der Waals surface area contributed by atoms with Crippen LogP contribution >= 0.6 is 0 Å². The van der Waals surface area contributed by atoms with Gasteiger partial charge < -0.3 is 10.1 Å². The van der Waals surface area contributed by atoms with Crippen molar-refractivity contribution in [3.8, 4) is 0 Å². The summed E-state index contributed by atoms with van der Waals surface area (Å²) in [6, 6.07) is 4.08. The first-order chi connectivity index (χ1) is 12.6. The van der Waals surface area contributed by atoms with Crippen molar-refractivity contribution in [3.05, 3.63) is 24.2 Å². The lowest BCUT2D eigenvalue weighted by Crippen LogP contribution is -2.55. The Morgan fingerprint density at radius 3 is 2.85 bits per heavy atom. The summed E-state index contributed by atoms with van der Waals surface area (Å²) in [5, 5.41) is 11.5. The monoisotopic (exact) mass is 357 g/mol.